The highest BCUT2D eigenvalue weighted by atomic mass is 35.5. The van der Waals surface area contributed by atoms with Crippen LogP contribution in [0.15, 0.2) is 54.6 Å². The number of benzene rings is 2. The van der Waals surface area contributed by atoms with Crippen LogP contribution in [0, 0.1) is 17.8 Å². The van der Waals surface area contributed by atoms with Crippen molar-refractivity contribution in [3.63, 3.8) is 0 Å². The Balaban J connectivity index is 1.53. The van der Waals surface area contributed by atoms with Crippen LogP contribution in [-0.2, 0) is 19.1 Å². The fourth-order valence-electron chi connectivity index (χ4n) is 6.29. The molecule has 2 aromatic rings. The smallest absolute Gasteiger partial charge is 0.250 e. The Morgan fingerprint density at radius 1 is 1.11 bits per heavy atom. The summed E-state index contributed by atoms with van der Waals surface area (Å²) in [4.78, 5) is 42.4. The van der Waals surface area contributed by atoms with Crippen LogP contribution >= 0.6 is 11.6 Å². The fourth-order valence-corrected chi connectivity index (χ4v) is 6.48. The molecule has 9 heteroatoms. The highest BCUT2D eigenvalue weighted by molar-refractivity contribution is 6.33. The van der Waals surface area contributed by atoms with E-state index in [2.05, 4.69) is 10.6 Å². The van der Waals surface area contributed by atoms with E-state index in [1.807, 2.05) is 32.0 Å². The minimum Gasteiger partial charge on any atom is -0.395 e. The molecule has 2 aromatic carbocycles. The van der Waals surface area contributed by atoms with E-state index in [0.29, 0.717) is 22.8 Å². The molecular weight excluding hydrogens is 470 g/mol. The third kappa shape index (κ3) is 3.54. The van der Waals surface area contributed by atoms with Gasteiger partial charge in [0.25, 0.3) is 0 Å². The number of amides is 3. The first-order chi connectivity index (χ1) is 16.7. The van der Waals surface area contributed by atoms with E-state index in [0.717, 1.165) is 0 Å². The molecule has 3 N–H and O–H groups in total. The number of nitrogens with zero attached hydrogens (tertiary/aromatic N) is 1. The van der Waals surface area contributed by atoms with Gasteiger partial charge in [0.15, 0.2) is 0 Å². The van der Waals surface area contributed by atoms with Gasteiger partial charge in [0.1, 0.15) is 11.6 Å². The first-order valence-corrected chi connectivity index (χ1v) is 12.1. The number of fused-ring (bicyclic) bond motifs is 1. The van der Waals surface area contributed by atoms with Gasteiger partial charge in [-0.05, 0) is 43.5 Å². The van der Waals surface area contributed by atoms with E-state index in [4.69, 9.17) is 16.3 Å². The molecule has 3 saturated heterocycles. The lowest BCUT2D eigenvalue weighted by molar-refractivity contribution is -0.144. The highest BCUT2D eigenvalue weighted by Crippen LogP contribution is 2.65. The van der Waals surface area contributed by atoms with Crippen molar-refractivity contribution in [1.82, 2.24) is 4.90 Å². The number of ether oxygens (including phenoxy) is 1. The Kier molecular flexibility index (Phi) is 5.86. The summed E-state index contributed by atoms with van der Waals surface area (Å²) in [5.41, 5.74) is -1.07. The summed E-state index contributed by atoms with van der Waals surface area (Å²) >= 11 is 6.26. The predicted octanol–water partition coefficient (Wildman–Crippen LogP) is 2.92. The monoisotopic (exact) mass is 497 g/mol. The average Bonchev–Trinajstić information content (AvgIpc) is 3.33. The molecule has 3 aliphatic heterocycles. The second-order valence-electron chi connectivity index (χ2n) is 9.78. The van der Waals surface area contributed by atoms with Gasteiger partial charge in [-0.15, -0.1) is 0 Å². The van der Waals surface area contributed by atoms with Crippen molar-refractivity contribution in [3.05, 3.63) is 59.6 Å². The number of halogens is 1. The molecule has 5 rings (SSSR count). The Labute approximate surface area is 208 Å². The van der Waals surface area contributed by atoms with Crippen molar-refractivity contribution in [2.24, 2.45) is 17.8 Å². The molecule has 35 heavy (non-hydrogen) atoms. The normalized spacial score (nSPS) is 33.0. The number of hydrogen-bond acceptors (Lipinski definition) is 5. The highest BCUT2D eigenvalue weighted by Gasteiger charge is 2.79. The fraction of sp³-hybridized carbons (Fsp3) is 0.423. The van der Waals surface area contributed by atoms with Gasteiger partial charge in [0.05, 0.1) is 34.8 Å². The van der Waals surface area contributed by atoms with Gasteiger partial charge in [0.2, 0.25) is 17.7 Å². The van der Waals surface area contributed by atoms with E-state index in [-0.39, 0.29) is 30.9 Å². The summed E-state index contributed by atoms with van der Waals surface area (Å²) in [6, 6.07) is 14.9. The zero-order valence-electron chi connectivity index (χ0n) is 19.5. The number of para-hydroxylation sites is 2. The maximum atomic E-state index is 13.8. The molecule has 0 aromatic heterocycles. The number of hydrogen-bond donors (Lipinski definition) is 3. The quantitative estimate of drug-likeness (QED) is 0.568. The van der Waals surface area contributed by atoms with Crippen molar-refractivity contribution in [2.45, 2.75) is 37.5 Å². The number of β-amino-alcohol motifs (C(OH)–C–C–N with tert-alkyl or cyclic N) is 1. The molecule has 3 fully saturated rings. The lowest BCUT2D eigenvalue weighted by atomic mass is 9.62. The number of likely N-dealkylation sites (tertiary alicyclic amines) is 1. The molecule has 6 atom stereocenters. The molecule has 3 unspecified atom stereocenters. The summed E-state index contributed by atoms with van der Waals surface area (Å²) in [6.45, 7) is 3.47. The third-order valence-electron chi connectivity index (χ3n) is 7.86. The lowest BCUT2D eigenvalue weighted by Gasteiger charge is -2.36. The summed E-state index contributed by atoms with van der Waals surface area (Å²) in [5.74, 6) is -2.85. The standard InChI is InChI=1S/C26H28ClN3O5/c1-15-14-26-20(19(25(15,2)35-26)22(32)28-16-8-4-3-5-9-16)24(34)30(12-13-31)21(26)23(33)29-18-11-7-6-10-17(18)27/h3-11,15,19-21,31H,12-14H2,1-2H3,(H,28,32)(H,29,33)/t15?,19-,20-,21?,25+,26?/m0/s1. The van der Waals surface area contributed by atoms with Crippen LogP contribution in [0.25, 0.3) is 0 Å². The van der Waals surface area contributed by atoms with Crippen LogP contribution < -0.4 is 10.6 Å². The first kappa shape index (κ1) is 23.8. The second-order valence-corrected chi connectivity index (χ2v) is 10.2. The van der Waals surface area contributed by atoms with Crippen LogP contribution in [0.1, 0.15) is 20.3 Å². The number of nitrogens with one attached hydrogen (secondary N) is 2. The largest absolute Gasteiger partial charge is 0.395 e. The Hall–Kier alpha value is -2.94. The molecular formula is C26H28ClN3O5. The SMILES string of the molecule is CC1CC23O[C@@]1(C)[C@H](C(=O)Nc1ccccc1)[C@H]2C(=O)N(CCO)C3C(=O)Nc1ccccc1Cl. The third-order valence-corrected chi connectivity index (χ3v) is 8.19. The van der Waals surface area contributed by atoms with Gasteiger partial charge in [-0.25, -0.2) is 0 Å². The molecule has 8 nitrogen and oxygen atoms in total. The molecule has 3 amide bonds. The van der Waals surface area contributed by atoms with Crippen molar-refractivity contribution < 1.29 is 24.2 Å². The predicted molar refractivity (Wildman–Crippen MR) is 131 cm³/mol. The number of aliphatic hydroxyl groups excluding tert-OH is 1. The van der Waals surface area contributed by atoms with Crippen LogP contribution in [0.5, 0.6) is 0 Å². The molecule has 1 spiro atoms. The molecule has 0 radical (unpaired) electrons. The van der Waals surface area contributed by atoms with Gasteiger partial charge in [-0.2, -0.15) is 0 Å². The minimum absolute atomic E-state index is 0.0425. The van der Waals surface area contributed by atoms with Gasteiger partial charge >= 0.3 is 0 Å². The number of aliphatic hydroxyl groups is 1. The second kappa shape index (κ2) is 8.62. The number of carbonyl (C=O) groups excluding carboxylic acids is 3. The molecule has 2 bridgehead atoms. The van der Waals surface area contributed by atoms with Gasteiger partial charge < -0.3 is 25.4 Å². The zero-order chi connectivity index (χ0) is 25.0. The average molecular weight is 498 g/mol. The molecule has 0 aliphatic carbocycles. The van der Waals surface area contributed by atoms with E-state index in [9.17, 15) is 19.5 Å². The van der Waals surface area contributed by atoms with Gasteiger partial charge in [-0.1, -0.05) is 48.9 Å². The minimum atomic E-state index is -1.19. The van der Waals surface area contributed by atoms with Crippen LogP contribution in [-0.4, -0.2) is 58.1 Å². The molecule has 0 saturated carbocycles. The van der Waals surface area contributed by atoms with Crippen molar-refractivity contribution in [1.29, 1.82) is 0 Å². The topological polar surface area (TPSA) is 108 Å². The summed E-state index contributed by atoms with van der Waals surface area (Å²) in [5, 5.41) is 15.8. The maximum absolute atomic E-state index is 13.8. The van der Waals surface area contributed by atoms with Crippen molar-refractivity contribution in [3.8, 4) is 0 Å². The van der Waals surface area contributed by atoms with Crippen molar-refractivity contribution >= 4 is 40.7 Å². The summed E-state index contributed by atoms with van der Waals surface area (Å²) in [7, 11) is 0. The van der Waals surface area contributed by atoms with E-state index in [1.54, 1.807) is 36.4 Å². The summed E-state index contributed by atoms with van der Waals surface area (Å²) in [6.07, 6.45) is 0.442. The molecule has 184 valence electrons. The van der Waals surface area contributed by atoms with Gasteiger partial charge in [-0.3, -0.25) is 14.4 Å². The molecule has 3 heterocycles. The summed E-state index contributed by atoms with van der Waals surface area (Å²) < 4.78 is 6.60. The Morgan fingerprint density at radius 2 is 1.80 bits per heavy atom. The van der Waals surface area contributed by atoms with Crippen LogP contribution in [0.2, 0.25) is 5.02 Å². The van der Waals surface area contributed by atoms with Crippen LogP contribution in [0.3, 0.4) is 0 Å². The van der Waals surface area contributed by atoms with E-state index >= 15 is 0 Å². The first-order valence-electron chi connectivity index (χ1n) is 11.8. The van der Waals surface area contributed by atoms with Gasteiger partial charge in [0, 0.05) is 12.2 Å². The Bertz CT molecular complexity index is 1180. The number of rotatable bonds is 6. The number of anilines is 2. The van der Waals surface area contributed by atoms with E-state index < -0.39 is 35.0 Å². The lowest BCUT2D eigenvalue weighted by Crippen LogP contribution is -2.54. The van der Waals surface area contributed by atoms with E-state index in [1.165, 1.54) is 4.90 Å². The zero-order valence-corrected chi connectivity index (χ0v) is 20.3. The number of carbonyl (C=O) groups is 3. The maximum Gasteiger partial charge on any atom is 0.250 e. The van der Waals surface area contributed by atoms with Crippen molar-refractivity contribution in [2.75, 3.05) is 23.8 Å². The molecule has 3 aliphatic rings. The van der Waals surface area contributed by atoms with Crippen LogP contribution in [0.4, 0.5) is 11.4 Å². The Morgan fingerprint density at radius 3 is 2.49 bits per heavy atom.